The summed E-state index contributed by atoms with van der Waals surface area (Å²) in [6.45, 7) is 6.26. The lowest BCUT2D eigenvalue weighted by Gasteiger charge is -2.16. The van der Waals surface area contributed by atoms with Crippen molar-refractivity contribution >= 4 is 22.8 Å². The van der Waals surface area contributed by atoms with Gasteiger partial charge >= 0.3 is 0 Å². The minimum Gasteiger partial charge on any atom is -0.395 e. The Hall–Kier alpha value is -1.88. The smallest absolute Gasteiger partial charge is 0.201 e. The number of aromatic amines is 1. The Labute approximate surface area is 118 Å². The van der Waals surface area contributed by atoms with Gasteiger partial charge in [-0.1, -0.05) is 32.9 Å². The highest BCUT2D eigenvalue weighted by Crippen LogP contribution is 2.23. The van der Waals surface area contributed by atoms with Crippen LogP contribution in [0.4, 0.5) is 5.95 Å². The number of para-hydroxylation sites is 1. The number of aromatic nitrogens is 2. The lowest BCUT2D eigenvalue weighted by Crippen LogP contribution is -2.22. The van der Waals surface area contributed by atoms with Gasteiger partial charge in [-0.05, 0) is 11.6 Å². The number of rotatable bonds is 5. The number of hydrogen-bond acceptors (Lipinski definition) is 4. The van der Waals surface area contributed by atoms with Crippen molar-refractivity contribution in [2.24, 2.45) is 5.41 Å². The molecule has 0 spiro atoms. The molecule has 2 rings (SSSR count). The van der Waals surface area contributed by atoms with Gasteiger partial charge < -0.3 is 15.4 Å². The topological polar surface area (TPSA) is 78.0 Å². The first kappa shape index (κ1) is 14.5. The Morgan fingerprint density at radius 3 is 2.80 bits per heavy atom. The summed E-state index contributed by atoms with van der Waals surface area (Å²) < 4.78 is 0. The monoisotopic (exact) mass is 275 g/mol. The molecule has 0 saturated heterocycles. The number of imidazole rings is 1. The van der Waals surface area contributed by atoms with Gasteiger partial charge in [0.2, 0.25) is 5.95 Å². The van der Waals surface area contributed by atoms with Gasteiger partial charge in [0, 0.05) is 18.4 Å². The summed E-state index contributed by atoms with van der Waals surface area (Å²) in [5.74, 6) is 0.808. The Balaban J connectivity index is 2.29. The van der Waals surface area contributed by atoms with Crippen LogP contribution in [0, 0.1) is 5.41 Å². The molecule has 0 fully saturated rings. The highest BCUT2D eigenvalue weighted by atomic mass is 16.3. The molecule has 0 atom stereocenters. The summed E-state index contributed by atoms with van der Waals surface area (Å²) in [4.78, 5) is 19.8. The van der Waals surface area contributed by atoms with Crippen molar-refractivity contribution in [1.29, 1.82) is 0 Å². The first-order chi connectivity index (χ1) is 9.41. The summed E-state index contributed by atoms with van der Waals surface area (Å²) in [7, 11) is 0. The Kier molecular flexibility index (Phi) is 4.09. The van der Waals surface area contributed by atoms with Crippen LogP contribution in [0.2, 0.25) is 0 Å². The third kappa shape index (κ3) is 3.17. The molecular formula is C15H21N3O2. The maximum atomic E-state index is 12.2. The first-order valence-electron chi connectivity index (χ1n) is 6.77. The third-order valence-corrected chi connectivity index (χ3v) is 3.19. The number of fused-ring (bicyclic) bond motifs is 1. The van der Waals surface area contributed by atoms with Gasteiger partial charge in [-0.3, -0.25) is 4.79 Å². The average molecular weight is 275 g/mol. The minimum absolute atomic E-state index is 0.0480. The molecule has 20 heavy (non-hydrogen) atoms. The number of carbonyl (C=O) groups excluding carboxylic acids is 1. The molecule has 0 bridgehead atoms. The summed E-state index contributed by atoms with van der Waals surface area (Å²) in [5.41, 5.74) is 2.28. The largest absolute Gasteiger partial charge is 0.395 e. The number of nitrogens with zero attached hydrogens (tertiary/aromatic N) is 1. The molecule has 1 aromatic heterocycles. The van der Waals surface area contributed by atoms with Crippen LogP contribution in [-0.2, 0) is 11.2 Å². The number of anilines is 1. The molecule has 0 aliphatic rings. The summed E-state index contributed by atoms with van der Waals surface area (Å²) in [6, 6.07) is 5.78. The number of ketones is 1. The van der Waals surface area contributed by atoms with E-state index in [1.165, 1.54) is 0 Å². The van der Waals surface area contributed by atoms with Crippen LogP contribution < -0.4 is 5.32 Å². The fraction of sp³-hybridized carbons (Fsp3) is 0.467. The number of Topliss-reactive ketones (excluding diaryl/α,β-unsaturated/α-hetero) is 1. The normalized spacial score (nSPS) is 11.8. The van der Waals surface area contributed by atoms with E-state index >= 15 is 0 Å². The van der Waals surface area contributed by atoms with E-state index in [1.807, 2.05) is 39.0 Å². The molecular weight excluding hydrogens is 254 g/mol. The fourth-order valence-corrected chi connectivity index (χ4v) is 1.93. The molecule has 0 aliphatic carbocycles. The van der Waals surface area contributed by atoms with Crippen LogP contribution in [0.25, 0.3) is 11.0 Å². The van der Waals surface area contributed by atoms with E-state index in [0.29, 0.717) is 18.9 Å². The predicted molar refractivity (Wildman–Crippen MR) is 79.8 cm³/mol. The van der Waals surface area contributed by atoms with Crippen LogP contribution in [0.1, 0.15) is 26.3 Å². The van der Waals surface area contributed by atoms with Gasteiger partial charge in [0.15, 0.2) is 0 Å². The molecule has 2 aromatic rings. The van der Waals surface area contributed by atoms with Gasteiger partial charge in [0.1, 0.15) is 5.78 Å². The van der Waals surface area contributed by atoms with Crippen molar-refractivity contribution in [3.05, 3.63) is 23.8 Å². The second-order valence-electron chi connectivity index (χ2n) is 5.90. The van der Waals surface area contributed by atoms with Gasteiger partial charge in [-0.2, -0.15) is 0 Å². The zero-order chi connectivity index (χ0) is 14.8. The quantitative estimate of drug-likeness (QED) is 0.781. The number of H-pyrrole nitrogens is 1. The van der Waals surface area contributed by atoms with Gasteiger partial charge in [0.05, 0.1) is 17.6 Å². The van der Waals surface area contributed by atoms with Crippen LogP contribution in [0.3, 0.4) is 0 Å². The second kappa shape index (κ2) is 5.63. The summed E-state index contributed by atoms with van der Waals surface area (Å²) in [6.07, 6.45) is 0.380. The van der Waals surface area contributed by atoms with E-state index in [0.717, 1.165) is 16.6 Å². The standard InChI is InChI=1S/C15H21N3O2/c1-15(2,3)12(20)9-10-5-4-6-11-13(10)18-14(17-11)16-7-8-19/h4-6,19H,7-9H2,1-3H3,(H2,16,17,18). The molecule has 1 heterocycles. The Morgan fingerprint density at radius 2 is 2.15 bits per heavy atom. The Morgan fingerprint density at radius 1 is 1.40 bits per heavy atom. The molecule has 0 unspecified atom stereocenters. The van der Waals surface area contributed by atoms with Gasteiger partial charge in [0.25, 0.3) is 0 Å². The van der Waals surface area contributed by atoms with E-state index in [2.05, 4.69) is 15.3 Å². The predicted octanol–water partition coefficient (Wildman–Crippen LogP) is 2.12. The number of aliphatic hydroxyl groups excluding tert-OH is 1. The van der Waals surface area contributed by atoms with Crippen molar-refractivity contribution in [1.82, 2.24) is 9.97 Å². The maximum Gasteiger partial charge on any atom is 0.201 e. The highest BCUT2D eigenvalue weighted by molar-refractivity contribution is 5.90. The van der Waals surface area contributed by atoms with Crippen molar-refractivity contribution in [2.45, 2.75) is 27.2 Å². The van der Waals surface area contributed by atoms with E-state index in [1.54, 1.807) is 0 Å². The summed E-state index contributed by atoms with van der Waals surface area (Å²) in [5, 5.41) is 11.8. The molecule has 0 radical (unpaired) electrons. The molecule has 5 nitrogen and oxygen atoms in total. The highest BCUT2D eigenvalue weighted by Gasteiger charge is 2.22. The van der Waals surface area contributed by atoms with E-state index in [4.69, 9.17) is 5.11 Å². The second-order valence-corrected chi connectivity index (χ2v) is 5.90. The Bertz CT molecular complexity index is 611. The number of hydrogen-bond donors (Lipinski definition) is 3. The molecule has 0 aliphatic heterocycles. The molecule has 108 valence electrons. The van der Waals surface area contributed by atoms with Crippen molar-refractivity contribution in [3.63, 3.8) is 0 Å². The average Bonchev–Trinajstić information content (AvgIpc) is 2.79. The zero-order valence-corrected chi connectivity index (χ0v) is 12.2. The minimum atomic E-state index is -0.351. The molecule has 5 heteroatoms. The number of aliphatic hydroxyl groups is 1. The molecule has 0 amide bonds. The molecule has 3 N–H and O–H groups in total. The van der Waals surface area contributed by atoms with E-state index in [9.17, 15) is 4.79 Å². The SMILES string of the molecule is CC(C)(C)C(=O)Cc1cccc2[nH]c(NCCO)nc12. The van der Waals surface area contributed by atoms with E-state index < -0.39 is 0 Å². The number of benzene rings is 1. The van der Waals surface area contributed by atoms with Crippen molar-refractivity contribution < 1.29 is 9.90 Å². The van der Waals surface area contributed by atoms with Crippen molar-refractivity contribution in [2.75, 3.05) is 18.5 Å². The van der Waals surface area contributed by atoms with Crippen molar-refractivity contribution in [3.8, 4) is 0 Å². The zero-order valence-electron chi connectivity index (χ0n) is 12.2. The van der Waals surface area contributed by atoms with E-state index in [-0.39, 0.29) is 17.8 Å². The van der Waals surface area contributed by atoms with Crippen LogP contribution in [0.5, 0.6) is 0 Å². The van der Waals surface area contributed by atoms with Crippen LogP contribution >= 0.6 is 0 Å². The van der Waals surface area contributed by atoms with Gasteiger partial charge in [-0.15, -0.1) is 0 Å². The lowest BCUT2D eigenvalue weighted by molar-refractivity contribution is -0.125. The lowest BCUT2D eigenvalue weighted by atomic mass is 9.87. The molecule has 1 aromatic carbocycles. The maximum absolute atomic E-state index is 12.2. The number of nitrogens with one attached hydrogen (secondary N) is 2. The molecule has 0 saturated carbocycles. The first-order valence-corrected chi connectivity index (χ1v) is 6.77. The van der Waals surface area contributed by atoms with Crippen LogP contribution in [0.15, 0.2) is 18.2 Å². The summed E-state index contributed by atoms with van der Waals surface area (Å²) >= 11 is 0. The van der Waals surface area contributed by atoms with Gasteiger partial charge in [-0.25, -0.2) is 4.98 Å². The van der Waals surface area contributed by atoms with Crippen LogP contribution in [-0.4, -0.2) is 34.0 Å². The number of carbonyl (C=O) groups is 1. The third-order valence-electron chi connectivity index (χ3n) is 3.19. The fourth-order valence-electron chi connectivity index (χ4n) is 1.93.